The van der Waals surface area contributed by atoms with E-state index >= 15 is 0 Å². The van der Waals surface area contributed by atoms with Crippen LogP contribution in [-0.4, -0.2) is 71.0 Å². The third kappa shape index (κ3) is 12.0. The lowest BCUT2D eigenvalue weighted by Crippen LogP contribution is -2.44. The maximum Gasteiger partial charge on any atom is 0.422 e. The normalized spacial score (nSPS) is 16.2. The lowest BCUT2D eigenvalue weighted by Gasteiger charge is -2.19. The largest absolute Gasteiger partial charge is 0.467 e. The Bertz CT molecular complexity index is 1770. The number of amides is 2. The van der Waals surface area contributed by atoms with Crippen molar-refractivity contribution in [3.05, 3.63) is 64.7 Å². The van der Waals surface area contributed by atoms with Gasteiger partial charge in [0, 0.05) is 29.2 Å². The fourth-order valence-electron chi connectivity index (χ4n) is 6.27. The predicted octanol–water partition coefficient (Wildman–Crippen LogP) is 6.41. The van der Waals surface area contributed by atoms with Gasteiger partial charge >= 0.3 is 18.2 Å². The number of ether oxygens (including phenoxy) is 2. The van der Waals surface area contributed by atoms with Crippen LogP contribution in [0.15, 0.2) is 48.5 Å². The number of methoxy groups -OCH3 is 1. The molecule has 13 nitrogen and oxygen atoms in total. The van der Waals surface area contributed by atoms with Crippen LogP contribution in [0, 0.1) is 5.92 Å². The Morgan fingerprint density at radius 2 is 1.56 bits per heavy atom. The second-order valence-corrected chi connectivity index (χ2v) is 14.0. The molecular weight excluding hydrogens is 731 g/mol. The first kappa shape index (κ1) is 40.2. The van der Waals surface area contributed by atoms with Crippen LogP contribution in [0.25, 0.3) is 0 Å². The molecule has 2 saturated carbocycles. The van der Waals surface area contributed by atoms with Gasteiger partial charge in [-0.1, -0.05) is 68.7 Å². The molecule has 17 heteroatoms. The lowest BCUT2D eigenvalue weighted by atomic mass is 9.87. The van der Waals surface area contributed by atoms with E-state index in [2.05, 4.69) is 36.2 Å². The minimum Gasteiger partial charge on any atom is -0.467 e. The van der Waals surface area contributed by atoms with Gasteiger partial charge in [0.25, 0.3) is 11.8 Å². The number of aromatic nitrogens is 3. The van der Waals surface area contributed by atoms with E-state index in [-0.39, 0.29) is 42.8 Å². The van der Waals surface area contributed by atoms with E-state index in [1.54, 1.807) is 12.1 Å². The molecule has 2 amide bonds. The fourth-order valence-corrected chi connectivity index (χ4v) is 6.39. The van der Waals surface area contributed by atoms with Crippen LogP contribution in [0.2, 0.25) is 5.02 Å². The van der Waals surface area contributed by atoms with Crippen molar-refractivity contribution in [2.45, 2.75) is 88.4 Å². The molecule has 54 heavy (non-hydrogen) atoms. The van der Waals surface area contributed by atoms with Crippen LogP contribution in [0.3, 0.4) is 0 Å². The van der Waals surface area contributed by atoms with Crippen molar-refractivity contribution in [1.82, 2.24) is 25.6 Å². The van der Waals surface area contributed by atoms with Crippen LogP contribution in [0.5, 0.6) is 6.01 Å². The molecule has 0 bridgehead atoms. The highest BCUT2D eigenvalue weighted by Crippen LogP contribution is 2.48. The summed E-state index contributed by atoms with van der Waals surface area (Å²) in [5.74, 6) is -2.51. The molecule has 1 atom stereocenters. The van der Waals surface area contributed by atoms with E-state index < -0.39 is 53.9 Å². The Morgan fingerprint density at radius 1 is 0.907 bits per heavy atom. The van der Waals surface area contributed by atoms with Gasteiger partial charge in [-0.05, 0) is 67.1 Å². The maximum atomic E-state index is 13.1. The molecule has 0 radical (unpaired) electrons. The van der Waals surface area contributed by atoms with Crippen LogP contribution in [0.4, 0.5) is 30.8 Å². The topological polar surface area (TPSA) is 174 Å². The first-order chi connectivity index (χ1) is 25.8. The first-order valence-corrected chi connectivity index (χ1v) is 18.3. The molecule has 2 aliphatic carbocycles. The standard InChI is InChI=1S/C37H43ClF3N7O6/c1-53-32(52)28(17-20-42-31(51)29(49)21-23-7-5-3-2-4-6-8-23)44-30(50)24-9-15-27(16-10-24)43-33-45-34(47-35(46-33)54-22-37(39,40)41)48-36(18-19-36)25-11-13-26(38)14-12-25/h9-16,23,28H,2-8,17-22H2,1H3,(H,42,51)(H,44,50)(H2,43,45,46,47,48)/t28-/m0/s1. The van der Waals surface area contributed by atoms with Gasteiger partial charge in [0.1, 0.15) is 6.04 Å². The van der Waals surface area contributed by atoms with Crippen molar-refractivity contribution in [1.29, 1.82) is 0 Å². The van der Waals surface area contributed by atoms with Crippen molar-refractivity contribution in [2.75, 3.05) is 30.9 Å². The summed E-state index contributed by atoms with van der Waals surface area (Å²) < 4.78 is 48.6. The minimum atomic E-state index is -4.63. The van der Waals surface area contributed by atoms with Gasteiger partial charge in [-0.15, -0.1) is 0 Å². The minimum absolute atomic E-state index is 0.0162. The third-order valence-electron chi connectivity index (χ3n) is 9.34. The average Bonchev–Trinajstić information content (AvgIpc) is 3.91. The molecule has 2 aromatic carbocycles. The lowest BCUT2D eigenvalue weighted by molar-refractivity contribution is -0.154. The molecule has 1 heterocycles. The number of ketones is 1. The van der Waals surface area contributed by atoms with Gasteiger partial charge in [-0.2, -0.15) is 28.1 Å². The molecule has 0 aliphatic heterocycles. The van der Waals surface area contributed by atoms with E-state index in [1.165, 1.54) is 37.8 Å². The molecule has 2 aliphatic rings. The van der Waals surface area contributed by atoms with E-state index in [0.717, 1.165) is 56.9 Å². The Balaban J connectivity index is 1.19. The summed E-state index contributed by atoms with van der Waals surface area (Å²) in [6.07, 6.45) is 4.41. The van der Waals surface area contributed by atoms with Crippen molar-refractivity contribution in [3.63, 3.8) is 0 Å². The Hall–Kier alpha value is -4.99. The number of nitrogens with one attached hydrogen (secondary N) is 4. The molecule has 5 rings (SSSR count). The van der Waals surface area contributed by atoms with Crippen LogP contribution >= 0.6 is 11.6 Å². The molecule has 0 spiro atoms. The highest BCUT2D eigenvalue weighted by atomic mass is 35.5. The molecular formula is C37H43ClF3N7O6. The SMILES string of the molecule is COC(=O)[C@H](CCNC(=O)C(=O)CC1CCCCCCC1)NC(=O)c1ccc(Nc2nc(NC3(c4ccc(Cl)cc4)CC3)nc(OCC(F)(F)F)n2)cc1. The average molecular weight is 774 g/mol. The second kappa shape index (κ2) is 18.4. The van der Waals surface area contributed by atoms with Gasteiger partial charge in [0.2, 0.25) is 17.7 Å². The Morgan fingerprint density at radius 3 is 2.19 bits per heavy atom. The molecule has 3 aromatic rings. The summed E-state index contributed by atoms with van der Waals surface area (Å²) >= 11 is 6.03. The quantitative estimate of drug-likeness (QED) is 0.0936. The zero-order chi connectivity index (χ0) is 38.7. The molecule has 2 fully saturated rings. The molecule has 290 valence electrons. The predicted molar refractivity (Wildman–Crippen MR) is 193 cm³/mol. The van der Waals surface area contributed by atoms with Crippen LogP contribution in [-0.2, 0) is 24.7 Å². The summed E-state index contributed by atoms with van der Waals surface area (Å²) in [7, 11) is 1.17. The van der Waals surface area contributed by atoms with E-state index in [0.29, 0.717) is 10.7 Å². The van der Waals surface area contributed by atoms with E-state index in [4.69, 9.17) is 21.1 Å². The Kier molecular flexibility index (Phi) is 13.7. The summed E-state index contributed by atoms with van der Waals surface area (Å²) in [5.41, 5.74) is 0.899. The molecule has 4 N–H and O–H groups in total. The number of rotatable bonds is 16. The second-order valence-electron chi connectivity index (χ2n) is 13.5. The zero-order valence-electron chi connectivity index (χ0n) is 29.8. The van der Waals surface area contributed by atoms with Crippen molar-refractivity contribution < 1.29 is 41.8 Å². The highest BCUT2D eigenvalue weighted by molar-refractivity contribution is 6.36. The van der Waals surface area contributed by atoms with Gasteiger partial charge < -0.3 is 30.7 Å². The van der Waals surface area contributed by atoms with Gasteiger partial charge in [-0.25, -0.2) is 4.79 Å². The van der Waals surface area contributed by atoms with Gasteiger partial charge in [-0.3, -0.25) is 14.4 Å². The van der Waals surface area contributed by atoms with Crippen LogP contribution < -0.4 is 26.0 Å². The summed E-state index contributed by atoms with van der Waals surface area (Å²) in [5, 5.41) is 11.8. The van der Waals surface area contributed by atoms with Gasteiger partial charge in [0.05, 0.1) is 12.6 Å². The number of carbonyl (C=O) groups is 4. The summed E-state index contributed by atoms with van der Waals surface area (Å²) in [6.45, 7) is -1.66. The smallest absolute Gasteiger partial charge is 0.422 e. The number of hydrogen-bond acceptors (Lipinski definition) is 11. The highest BCUT2D eigenvalue weighted by Gasteiger charge is 2.45. The number of alkyl halides is 3. The third-order valence-corrected chi connectivity index (χ3v) is 9.59. The maximum absolute atomic E-state index is 13.1. The van der Waals surface area contributed by atoms with E-state index in [9.17, 15) is 32.3 Å². The monoisotopic (exact) mass is 773 g/mol. The van der Waals surface area contributed by atoms with E-state index in [1.807, 2.05) is 12.1 Å². The van der Waals surface area contributed by atoms with Crippen LogP contribution in [0.1, 0.15) is 86.6 Å². The summed E-state index contributed by atoms with van der Waals surface area (Å²) in [6, 6.07) is 11.4. The molecule has 0 saturated heterocycles. The fraction of sp³-hybridized carbons (Fsp3) is 0.486. The van der Waals surface area contributed by atoms with Gasteiger partial charge in [0.15, 0.2) is 6.61 Å². The molecule has 0 unspecified atom stereocenters. The van der Waals surface area contributed by atoms with Crippen molar-refractivity contribution in [2.24, 2.45) is 5.92 Å². The molecule has 1 aromatic heterocycles. The number of hydrogen-bond donors (Lipinski definition) is 4. The van der Waals surface area contributed by atoms with Crippen molar-refractivity contribution >= 4 is 52.8 Å². The number of Topliss-reactive ketones (excluding diaryl/α,β-unsaturated/α-hetero) is 1. The first-order valence-electron chi connectivity index (χ1n) is 17.9. The summed E-state index contributed by atoms with van der Waals surface area (Å²) in [4.78, 5) is 63.0. The number of halogens is 4. The number of benzene rings is 2. The zero-order valence-corrected chi connectivity index (χ0v) is 30.5. The Labute approximate surface area is 315 Å². The van der Waals surface area contributed by atoms with Crippen molar-refractivity contribution in [3.8, 4) is 6.01 Å². The number of nitrogens with zero attached hydrogens (tertiary/aromatic N) is 3. The number of esters is 1. The number of carbonyl (C=O) groups excluding carboxylic acids is 4. The number of anilines is 3.